The summed E-state index contributed by atoms with van der Waals surface area (Å²) < 4.78 is 60.3. The molecule has 54 heavy (non-hydrogen) atoms. The van der Waals surface area contributed by atoms with Crippen molar-refractivity contribution >= 4 is 29.9 Å². The van der Waals surface area contributed by atoms with Crippen LogP contribution in [0.5, 0.6) is 0 Å². The van der Waals surface area contributed by atoms with Crippen molar-refractivity contribution in [1.82, 2.24) is 20.2 Å². The second kappa shape index (κ2) is 19.5. The van der Waals surface area contributed by atoms with Crippen molar-refractivity contribution in [1.29, 1.82) is 0 Å². The molecule has 2 heterocycles. The smallest absolute Gasteiger partial charge is 0.408 e. The summed E-state index contributed by atoms with van der Waals surface area (Å²) in [5, 5.41) is 7.86. The highest BCUT2D eigenvalue weighted by molar-refractivity contribution is 5.83. The van der Waals surface area contributed by atoms with E-state index in [2.05, 4.69) is 34.8 Å². The summed E-state index contributed by atoms with van der Waals surface area (Å²) in [5.74, 6) is -7.47. The Morgan fingerprint density at radius 3 is 1.87 bits per heavy atom. The quantitative estimate of drug-likeness (QED) is 0.119. The molecule has 15 nitrogen and oxygen atoms in total. The van der Waals surface area contributed by atoms with Gasteiger partial charge < -0.3 is 39.6 Å². The minimum absolute atomic E-state index is 0.165. The van der Waals surface area contributed by atoms with Gasteiger partial charge in [-0.05, 0) is 78.2 Å². The molecule has 1 aliphatic rings. The zero-order chi connectivity index (χ0) is 41.2. The van der Waals surface area contributed by atoms with Crippen LogP contribution in [0.15, 0.2) is 17.1 Å². The molecular weight excluding hydrogens is 712 g/mol. The average molecular weight is 774 g/mol. The zero-order valence-electron chi connectivity index (χ0n) is 33.7. The fourth-order valence-electron chi connectivity index (χ4n) is 5.61. The average Bonchev–Trinajstić information content (AvgIpc) is 3.27. The van der Waals surface area contributed by atoms with E-state index in [-0.39, 0.29) is 5.82 Å². The first-order valence-corrected chi connectivity index (χ1v) is 18.7. The Balaban J connectivity index is 2.51. The van der Waals surface area contributed by atoms with Crippen LogP contribution in [0, 0.1) is 17.8 Å². The number of hydrogen-bond donors (Lipinski definition) is 3. The number of alkyl carbamates (subject to hydrolysis) is 2. The van der Waals surface area contributed by atoms with Gasteiger partial charge in [-0.25, -0.2) is 24.0 Å². The molecule has 6 atom stereocenters. The van der Waals surface area contributed by atoms with Crippen LogP contribution in [0.3, 0.4) is 0 Å². The maximum absolute atomic E-state index is 16.5. The van der Waals surface area contributed by atoms with Crippen LogP contribution in [-0.2, 0) is 33.3 Å². The number of carbonyl (C=O) groups excluding carboxylic acids is 4. The van der Waals surface area contributed by atoms with E-state index in [0.717, 1.165) is 31.9 Å². The Bertz CT molecular complexity index is 1470. The molecule has 0 spiro atoms. The fourth-order valence-corrected chi connectivity index (χ4v) is 5.61. The van der Waals surface area contributed by atoms with Gasteiger partial charge in [0.15, 0.2) is 0 Å². The molecule has 0 bridgehead atoms. The summed E-state index contributed by atoms with van der Waals surface area (Å²) >= 11 is 0. The Morgan fingerprint density at radius 1 is 0.889 bits per heavy atom. The van der Waals surface area contributed by atoms with Crippen LogP contribution in [-0.4, -0.2) is 81.8 Å². The Labute approximate surface area is 316 Å². The van der Waals surface area contributed by atoms with Crippen molar-refractivity contribution in [3.8, 4) is 0 Å². The molecule has 3 N–H and O–H groups in total. The summed E-state index contributed by atoms with van der Waals surface area (Å²) in [7, 11) is 0. The number of hydrogen-bond acceptors (Lipinski definition) is 12. The van der Waals surface area contributed by atoms with Gasteiger partial charge >= 0.3 is 35.7 Å². The number of halogens is 2. The molecule has 1 aliphatic heterocycles. The Hall–Kier alpha value is -4.02. The minimum Gasteiger partial charge on any atom is -0.447 e. The summed E-state index contributed by atoms with van der Waals surface area (Å²) in [6.07, 6.45) is -4.05. The highest BCUT2D eigenvalue weighted by Crippen LogP contribution is 2.45. The minimum atomic E-state index is -4.20. The van der Waals surface area contributed by atoms with Gasteiger partial charge in [0.2, 0.25) is 18.6 Å². The molecule has 2 rings (SSSR count). The second-order valence-electron chi connectivity index (χ2n) is 16.0. The molecule has 0 aromatic carbocycles. The summed E-state index contributed by atoms with van der Waals surface area (Å²) in [4.78, 5) is 69.5. The molecule has 17 heteroatoms. The maximum Gasteiger partial charge on any atom is 0.408 e. The molecular formula is C37H61F2N5O10. The molecule has 1 aromatic heterocycles. The van der Waals surface area contributed by atoms with Crippen molar-refractivity contribution in [3.05, 3.63) is 22.7 Å². The van der Waals surface area contributed by atoms with Crippen molar-refractivity contribution < 1.29 is 51.6 Å². The molecule has 0 aliphatic carbocycles. The molecule has 0 saturated carbocycles. The number of esters is 2. The lowest BCUT2D eigenvalue weighted by molar-refractivity contribution is -0.205. The monoisotopic (exact) mass is 773 g/mol. The van der Waals surface area contributed by atoms with Crippen molar-refractivity contribution in [2.45, 2.75) is 163 Å². The topological polar surface area (TPSA) is 185 Å². The standard InChI is InChI=1S/C37H61F2N5O10/c1-13-16-23(17-14-2)20-40-24-18-19-44(32(47)41-24)31-37(38,39)27(50-28(45)25(21(4)5)42-33(48)53-35(7,8)9)30(52-31)51-29(46)26(22(6)15-3)43-34(49)54-36(10,11)12/h18-19,21-23,25-27,30-31H,13-17,20H2,1-12H3,(H,42,48)(H,43,49)(H,40,41,47)/t22?,25-,26+,27+,30-,31+/m0/s1. The Kier molecular flexibility index (Phi) is 16.7. The van der Waals surface area contributed by atoms with Gasteiger partial charge in [-0.1, -0.05) is 60.8 Å². The number of anilines is 1. The number of aromatic nitrogens is 2. The predicted molar refractivity (Wildman–Crippen MR) is 196 cm³/mol. The number of nitrogens with one attached hydrogen (secondary N) is 3. The number of amides is 2. The lowest BCUT2D eigenvalue weighted by Gasteiger charge is -2.29. The van der Waals surface area contributed by atoms with Gasteiger partial charge in [0.1, 0.15) is 29.1 Å². The Morgan fingerprint density at radius 2 is 1.41 bits per heavy atom. The third kappa shape index (κ3) is 13.7. The fraction of sp³-hybridized carbons (Fsp3) is 0.784. The highest BCUT2D eigenvalue weighted by atomic mass is 19.3. The largest absolute Gasteiger partial charge is 0.447 e. The van der Waals surface area contributed by atoms with Crippen LogP contribution in [0.1, 0.15) is 121 Å². The van der Waals surface area contributed by atoms with Gasteiger partial charge in [0, 0.05) is 12.7 Å². The van der Waals surface area contributed by atoms with Crippen LogP contribution in [0.4, 0.5) is 24.2 Å². The van der Waals surface area contributed by atoms with Gasteiger partial charge in [0.05, 0.1) is 0 Å². The predicted octanol–water partition coefficient (Wildman–Crippen LogP) is 6.31. The van der Waals surface area contributed by atoms with E-state index >= 15 is 8.78 Å². The third-order valence-corrected chi connectivity index (χ3v) is 8.47. The van der Waals surface area contributed by atoms with Crippen LogP contribution >= 0.6 is 0 Å². The van der Waals surface area contributed by atoms with E-state index in [9.17, 15) is 24.0 Å². The molecule has 1 saturated heterocycles. The van der Waals surface area contributed by atoms with E-state index in [4.69, 9.17) is 23.7 Å². The number of rotatable bonds is 17. The van der Waals surface area contributed by atoms with E-state index < -0.39 is 89.5 Å². The second-order valence-corrected chi connectivity index (χ2v) is 16.0. The maximum atomic E-state index is 16.5. The van der Waals surface area contributed by atoms with Crippen LogP contribution in [0.2, 0.25) is 0 Å². The summed E-state index contributed by atoms with van der Waals surface area (Å²) in [6.45, 7) is 20.8. The number of alkyl halides is 2. The van der Waals surface area contributed by atoms with Crippen molar-refractivity contribution in [3.63, 3.8) is 0 Å². The number of nitrogens with zero attached hydrogens (tertiary/aromatic N) is 2. The van der Waals surface area contributed by atoms with Gasteiger partial charge in [-0.15, -0.1) is 0 Å². The van der Waals surface area contributed by atoms with E-state index in [1.807, 2.05) is 0 Å². The first kappa shape index (κ1) is 46.1. The van der Waals surface area contributed by atoms with E-state index in [1.165, 1.54) is 6.07 Å². The molecule has 308 valence electrons. The first-order valence-electron chi connectivity index (χ1n) is 18.7. The molecule has 1 unspecified atom stereocenters. The third-order valence-electron chi connectivity index (χ3n) is 8.47. The van der Waals surface area contributed by atoms with Crippen LogP contribution < -0.4 is 21.6 Å². The summed E-state index contributed by atoms with van der Waals surface area (Å²) in [6, 6.07) is -1.54. The van der Waals surface area contributed by atoms with Gasteiger partial charge in [0.25, 0.3) is 0 Å². The molecule has 2 amide bonds. The zero-order valence-corrected chi connectivity index (χ0v) is 33.7. The lowest BCUT2D eigenvalue weighted by Crippen LogP contribution is -2.52. The van der Waals surface area contributed by atoms with E-state index in [0.29, 0.717) is 23.5 Å². The van der Waals surface area contributed by atoms with Gasteiger partial charge in [-0.3, -0.25) is 4.57 Å². The highest BCUT2D eigenvalue weighted by Gasteiger charge is 2.65. The van der Waals surface area contributed by atoms with Crippen molar-refractivity contribution in [2.75, 3.05) is 11.9 Å². The lowest BCUT2D eigenvalue weighted by atomic mass is 9.98. The van der Waals surface area contributed by atoms with E-state index in [1.54, 1.807) is 69.2 Å². The SMILES string of the molecule is CCCC(CCC)CNc1ccn([C@@H]2O[C@H](OC(=O)[C@H](NC(=O)OC(C)(C)C)C(C)CC)[C@@H](OC(=O)[C@@H](NC(=O)OC(C)(C)C)C(C)C)C2(F)F)c(=O)n1. The molecule has 0 radical (unpaired) electrons. The molecule has 1 aromatic rings. The van der Waals surface area contributed by atoms with Crippen LogP contribution in [0.25, 0.3) is 0 Å². The summed E-state index contributed by atoms with van der Waals surface area (Å²) in [5.41, 5.74) is -2.97. The number of ether oxygens (including phenoxy) is 5. The van der Waals surface area contributed by atoms with Crippen molar-refractivity contribution in [2.24, 2.45) is 17.8 Å². The molecule has 1 fully saturated rings. The normalized spacial score (nSPS) is 20.1. The number of carbonyl (C=O) groups is 4. The van der Waals surface area contributed by atoms with Gasteiger partial charge in [-0.2, -0.15) is 13.8 Å². The first-order chi connectivity index (χ1) is 24.9.